The van der Waals surface area contributed by atoms with Crippen LogP contribution < -0.4 is 10.9 Å². The van der Waals surface area contributed by atoms with Crippen LogP contribution in [0.25, 0.3) is 0 Å². The maximum atomic E-state index is 11.6. The Morgan fingerprint density at radius 3 is 2.86 bits per heavy atom. The molecule has 2 rings (SSSR count). The van der Waals surface area contributed by atoms with E-state index in [1.54, 1.807) is 19.4 Å². The van der Waals surface area contributed by atoms with E-state index in [2.05, 4.69) is 17.2 Å². The summed E-state index contributed by atoms with van der Waals surface area (Å²) in [7, 11) is 1.73. The minimum absolute atomic E-state index is 0.0550. The minimum Gasteiger partial charge on any atom is -0.360 e. The highest BCUT2D eigenvalue weighted by Gasteiger charge is 2.32. The van der Waals surface area contributed by atoms with E-state index < -0.39 is 0 Å². The summed E-state index contributed by atoms with van der Waals surface area (Å²) in [6, 6.07) is 0. The topological polar surface area (TPSA) is 46.9 Å². The van der Waals surface area contributed by atoms with Gasteiger partial charge in [0.05, 0.1) is 0 Å². The Morgan fingerprint density at radius 1 is 1.57 bits per heavy atom. The van der Waals surface area contributed by atoms with Gasteiger partial charge >= 0.3 is 0 Å². The summed E-state index contributed by atoms with van der Waals surface area (Å²) in [5.41, 5.74) is 0.0289. The number of rotatable bonds is 2. The van der Waals surface area contributed by atoms with E-state index in [1.807, 2.05) is 0 Å². The number of aromatic nitrogens is 2. The van der Waals surface area contributed by atoms with E-state index in [-0.39, 0.29) is 11.1 Å². The van der Waals surface area contributed by atoms with Crippen LogP contribution in [0.2, 0.25) is 0 Å². The predicted molar refractivity (Wildman–Crippen MR) is 55.4 cm³/mol. The third-order valence-electron chi connectivity index (χ3n) is 2.89. The number of aryl methyl sites for hydroxylation is 1. The zero-order chi connectivity index (χ0) is 10.2. The number of nitrogens with zero attached hydrogens (tertiary/aromatic N) is 2. The molecule has 0 bridgehead atoms. The maximum absolute atomic E-state index is 11.6. The Hall–Kier alpha value is -1.32. The Labute approximate surface area is 83.0 Å². The molecule has 0 atom stereocenters. The van der Waals surface area contributed by atoms with Crippen LogP contribution in [0.5, 0.6) is 0 Å². The second-order valence-corrected chi connectivity index (χ2v) is 4.23. The third-order valence-corrected chi connectivity index (χ3v) is 2.89. The first-order valence-corrected chi connectivity index (χ1v) is 4.91. The van der Waals surface area contributed by atoms with Crippen LogP contribution in [0.4, 0.5) is 5.82 Å². The van der Waals surface area contributed by atoms with Gasteiger partial charge in [0.15, 0.2) is 5.82 Å². The quantitative estimate of drug-likeness (QED) is 0.766. The third kappa shape index (κ3) is 1.52. The summed E-state index contributed by atoms with van der Waals surface area (Å²) in [6.07, 6.45) is 6.78. The standard InChI is InChI=1S/C10H15N3O/c1-10(4-3-5-10)12-8-9(14)13(2)7-6-11-8/h6-7H,3-5H2,1-2H3,(H,11,12). The molecular weight excluding hydrogens is 178 g/mol. The molecule has 1 aromatic heterocycles. The summed E-state index contributed by atoms with van der Waals surface area (Å²) in [5, 5.41) is 3.22. The van der Waals surface area contributed by atoms with Crippen LogP contribution in [0, 0.1) is 0 Å². The van der Waals surface area contributed by atoms with E-state index in [0.717, 1.165) is 12.8 Å². The van der Waals surface area contributed by atoms with Crippen LogP contribution in [0.3, 0.4) is 0 Å². The van der Waals surface area contributed by atoms with Gasteiger partial charge in [-0.1, -0.05) is 0 Å². The molecule has 1 aliphatic rings. The number of anilines is 1. The number of nitrogens with one attached hydrogen (secondary N) is 1. The van der Waals surface area contributed by atoms with Crippen molar-refractivity contribution in [3.05, 3.63) is 22.7 Å². The average Bonchev–Trinajstić information content (AvgIpc) is 2.10. The summed E-state index contributed by atoms with van der Waals surface area (Å²) in [5.74, 6) is 0.470. The van der Waals surface area contributed by atoms with Gasteiger partial charge < -0.3 is 9.88 Å². The van der Waals surface area contributed by atoms with E-state index in [0.29, 0.717) is 5.82 Å². The number of hydrogen-bond acceptors (Lipinski definition) is 3. The molecule has 0 spiro atoms. The van der Waals surface area contributed by atoms with Crippen LogP contribution >= 0.6 is 0 Å². The molecule has 1 heterocycles. The average molecular weight is 193 g/mol. The zero-order valence-corrected chi connectivity index (χ0v) is 8.58. The first-order valence-electron chi connectivity index (χ1n) is 4.91. The first kappa shape index (κ1) is 9.24. The van der Waals surface area contributed by atoms with E-state index in [1.165, 1.54) is 11.0 Å². The molecule has 1 fully saturated rings. The lowest BCUT2D eigenvalue weighted by atomic mass is 9.78. The van der Waals surface area contributed by atoms with Crippen molar-refractivity contribution in [1.29, 1.82) is 0 Å². The zero-order valence-electron chi connectivity index (χ0n) is 8.58. The van der Waals surface area contributed by atoms with Gasteiger partial charge in [-0.2, -0.15) is 0 Å². The largest absolute Gasteiger partial charge is 0.360 e. The SMILES string of the molecule is Cn1ccnc(NC2(C)CCC2)c1=O. The van der Waals surface area contributed by atoms with E-state index >= 15 is 0 Å². The van der Waals surface area contributed by atoms with E-state index in [9.17, 15) is 4.79 Å². The van der Waals surface area contributed by atoms with Gasteiger partial charge in [-0.15, -0.1) is 0 Å². The van der Waals surface area contributed by atoms with Crippen molar-refractivity contribution in [2.24, 2.45) is 7.05 Å². The Balaban J connectivity index is 2.25. The Bertz CT molecular complexity index is 393. The fraction of sp³-hybridized carbons (Fsp3) is 0.600. The lowest BCUT2D eigenvalue weighted by molar-refractivity contribution is 0.305. The predicted octanol–water partition coefficient (Wildman–Crippen LogP) is 1.13. The fourth-order valence-electron chi connectivity index (χ4n) is 1.70. The summed E-state index contributed by atoms with van der Waals surface area (Å²) in [6.45, 7) is 2.13. The van der Waals surface area contributed by atoms with Crippen molar-refractivity contribution in [3.63, 3.8) is 0 Å². The summed E-state index contributed by atoms with van der Waals surface area (Å²) >= 11 is 0. The molecule has 0 radical (unpaired) electrons. The Kier molecular flexibility index (Phi) is 2.06. The van der Waals surface area contributed by atoms with Crippen molar-refractivity contribution >= 4 is 5.82 Å². The van der Waals surface area contributed by atoms with Gasteiger partial charge in [-0.25, -0.2) is 4.98 Å². The molecule has 0 amide bonds. The fourth-order valence-corrected chi connectivity index (χ4v) is 1.70. The van der Waals surface area contributed by atoms with Crippen LogP contribution in [-0.2, 0) is 7.05 Å². The van der Waals surface area contributed by atoms with Crippen molar-refractivity contribution in [2.45, 2.75) is 31.7 Å². The molecule has 4 nitrogen and oxygen atoms in total. The molecule has 0 unspecified atom stereocenters. The molecule has 0 aliphatic heterocycles. The second kappa shape index (κ2) is 3.12. The van der Waals surface area contributed by atoms with Crippen LogP contribution in [0.1, 0.15) is 26.2 Å². The van der Waals surface area contributed by atoms with Crippen molar-refractivity contribution in [1.82, 2.24) is 9.55 Å². The van der Waals surface area contributed by atoms with Crippen molar-refractivity contribution in [2.75, 3.05) is 5.32 Å². The van der Waals surface area contributed by atoms with Gasteiger partial charge in [-0.3, -0.25) is 4.79 Å². The molecule has 1 aromatic rings. The molecule has 1 aliphatic carbocycles. The molecule has 4 heteroatoms. The van der Waals surface area contributed by atoms with Crippen molar-refractivity contribution in [3.8, 4) is 0 Å². The highest BCUT2D eigenvalue weighted by Crippen LogP contribution is 2.33. The monoisotopic (exact) mass is 193 g/mol. The van der Waals surface area contributed by atoms with Gasteiger partial charge in [0, 0.05) is 25.0 Å². The molecule has 76 valence electrons. The van der Waals surface area contributed by atoms with Gasteiger partial charge in [-0.05, 0) is 26.2 Å². The summed E-state index contributed by atoms with van der Waals surface area (Å²) < 4.78 is 1.54. The molecule has 1 N–H and O–H groups in total. The van der Waals surface area contributed by atoms with Crippen LogP contribution in [0.15, 0.2) is 17.2 Å². The van der Waals surface area contributed by atoms with Crippen molar-refractivity contribution < 1.29 is 0 Å². The lowest BCUT2D eigenvalue weighted by Crippen LogP contribution is -2.44. The maximum Gasteiger partial charge on any atom is 0.293 e. The lowest BCUT2D eigenvalue weighted by Gasteiger charge is -2.39. The minimum atomic E-state index is -0.0550. The van der Waals surface area contributed by atoms with E-state index in [4.69, 9.17) is 0 Å². The Morgan fingerprint density at radius 2 is 2.29 bits per heavy atom. The second-order valence-electron chi connectivity index (χ2n) is 4.23. The normalized spacial score (nSPS) is 18.7. The van der Waals surface area contributed by atoms with Gasteiger partial charge in [0.1, 0.15) is 0 Å². The molecule has 0 aromatic carbocycles. The molecule has 1 saturated carbocycles. The van der Waals surface area contributed by atoms with Gasteiger partial charge in [0.25, 0.3) is 5.56 Å². The van der Waals surface area contributed by atoms with Gasteiger partial charge in [0.2, 0.25) is 0 Å². The smallest absolute Gasteiger partial charge is 0.293 e. The first-order chi connectivity index (χ1) is 6.61. The molecule has 14 heavy (non-hydrogen) atoms. The number of hydrogen-bond donors (Lipinski definition) is 1. The molecular formula is C10H15N3O. The highest BCUT2D eigenvalue weighted by atomic mass is 16.1. The highest BCUT2D eigenvalue weighted by molar-refractivity contribution is 5.35. The molecule has 0 saturated heterocycles. The van der Waals surface area contributed by atoms with Crippen LogP contribution in [-0.4, -0.2) is 15.1 Å². The summed E-state index contributed by atoms with van der Waals surface area (Å²) in [4.78, 5) is 15.7.